The Morgan fingerprint density at radius 2 is 1.57 bits per heavy atom. The van der Waals surface area contributed by atoms with Crippen LogP contribution in [0.3, 0.4) is 0 Å². The van der Waals surface area contributed by atoms with Crippen molar-refractivity contribution in [3.63, 3.8) is 0 Å². The molecule has 76 valence electrons. The van der Waals surface area contributed by atoms with Crippen molar-refractivity contribution in [1.29, 1.82) is 0 Å². The Morgan fingerprint density at radius 3 is 1.86 bits per heavy atom. The largest absolute Gasteiger partial charge is 0.508 e. The van der Waals surface area contributed by atoms with Crippen molar-refractivity contribution >= 4 is 0 Å². The van der Waals surface area contributed by atoms with E-state index in [1.807, 2.05) is 18.2 Å². The number of benzene rings is 1. The molecule has 14 heavy (non-hydrogen) atoms. The number of phenols is 1. The zero-order valence-corrected chi connectivity index (χ0v) is 8.32. The van der Waals surface area contributed by atoms with Crippen LogP contribution in [0.4, 0.5) is 0 Å². The zero-order valence-electron chi connectivity index (χ0n) is 8.32. The van der Waals surface area contributed by atoms with Crippen molar-refractivity contribution in [2.24, 2.45) is 0 Å². The molecule has 1 aromatic rings. The second-order valence-electron chi connectivity index (χ2n) is 2.57. The first-order chi connectivity index (χ1) is 6.81. The van der Waals surface area contributed by atoms with E-state index in [4.69, 9.17) is 5.11 Å². The molecule has 2 heteroatoms. The lowest BCUT2D eigenvalue weighted by Crippen LogP contribution is -2.11. The molecule has 2 N–H and O–H groups in total. The van der Waals surface area contributed by atoms with E-state index in [0.717, 1.165) is 13.1 Å². The summed E-state index contributed by atoms with van der Waals surface area (Å²) >= 11 is 0. The van der Waals surface area contributed by atoms with Crippen molar-refractivity contribution in [2.45, 2.75) is 0 Å². The van der Waals surface area contributed by atoms with Gasteiger partial charge >= 0.3 is 0 Å². The molecule has 0 aliphatic carbocycles. The fourth-order valence-electron chi connectivity index (χ4n) is 0.715. The van der Waals surface area contributed by atoms with Crippen LogP contribution in [0.5, 0.6) is 5.75 Å². The Kier molecular flexibility index (Phi) is 8.50. The van der Waals surface area contributed by atoms with E-state index in [2.05, 4.69) is 18.5 Å². The van der Waals surface area contributed by atoms with Gasteiger partial charge in [-0.25, -0.2) is 0 Å². The zero-order chi connectivity index (χ0) is 10.6. The maximum Gasteiger partial charge on any atom is 0.115 e. The Hall–Kier alpha value is -1.54. The molecule has 0 spiro atoms. The van der Waals surface area contributed by atoms with Crippen LogP contribution in [0.25, 0.3) is 0 Å². The highest BCUT2D eigenvalue weighted by Gasteiger charge is 1.74. The molecular formula is C12H17NO. The summed E-state index contributed by atoms with van der Waals surface area (Å²) in [5, 5.41) is 11.7. The van der Waals surface area contributed by atoms with Crippen LogP contribution >= 0.6 is 0 Å². The topological polar surface area (TPSA) is 32.3 Å². The average Bonchev–Trinajstić information content (AvgIpc) is 2.21. The van der Waals surface area contributed by atoms with Crippen molar-refractivity contribution in [3.05, 3.63) is 55.6 Å². The second kappa shape index (κ2) is 9.55. The molecule has 1 aromatic carbocycles. The molecular weight excluding hydrogens is 174 g/mol. The molecule has 0 unspecified atom stereocenters. The van der Waals surface area contributed by atoms with Crippen LogP contribution in [0.2, 0.25) is 0 Å². The van der Waals surface area contributed by atoms with Gasteiger partial charge in [0.2, 0.25) is 0 Å². The number of hydrogen-bond donors (Lipinski definition) is 2. The Labute approximate surface area is 85.6 Å². The standard InChI is InChI=1S/C6H11N.C6H6O/c1-3-5-7-6-4-2;7-6-4-2-1-3-5-6/h3-4,7H,1-2,5-6H2;1-5,7H. The third-order valence-corrected chi connectivity index (χ3v) is 1.33. The lowest BCUT2D eigenvalue weighted by molar-refractivity contribution is 0.475. The number of nitrogens with one attached hydrogen (secondary N) is 1. The minimum Gasteiger partial charge on any atom is -0.508 e. The number of hydrogen-bond acceptors (Lipinski definition) is 2. The smallest absolute Gasteiger partial charge is 0.115 e. The summed E-state index contributed by atoms with van der Waals surface area (Å²) < 4.78 is 0. The maximum atomic E-state index is 8.63. The van der Waals surface area contributed by atoms with Gasteiger partial charge in [0.1, 0.15) is 5.75 Å². The summed E-state index contributed by atoms with van der Waals surface area (Å²) in [7, 11) is 0. The van der Waals surface area contributed by atoms with E-state index >= 15 is 0 Å². The van der Waals surface area contributed by atoms with E-state index in [9.17, 15) is 0 Å². The molecule has 0 bridgehead atoms. The summed E-state index contributed by atoms with van der Waals surface area (Å²) in [5.74, 6) is 0.322. The molecule has 0 aliphatic rings. The predicted octanol–water partition coefficient (Wildman–Crippen LogP) is 2.34. The molecule has 0 saturated carbocycles. The van der Waals surface area contributed by atoms with Crippen molar-refractivity contribution in [3.8, 4) is 5.75 Å². The predicted molar refractivity (Wildman–Crippen MR) is 61.4 cm³/mol. The number of rotatable bonds is 4. The van der Waals surface area contributed by atoms with E-state index in [1.165, 1.54) is 0 Å². The van der Waals surface area contributed by atoms with E-state index in [1.54, 1.807) is 24.3 Å². The fourth-order valence-corrected chi connectivity index (χ4v) is 0.715. The third-order valence-electron chi connectivity index (χ3n) is 1.33. The summed E-state index contributed by atoms with van der Waals surface area (Å²) in [6.07, 6.45) is 3.65. The molecule has 0 saturated heterocycles. The van der Waals surface area contributed by atoms with Crippen LogP contribution in [0.15, 0.2) is 55.6 Å². The summed E-state index contributed by atoms with van der Waals surface area (Å²) in [6.45, 7) is 8.81. The molecule has 0 aromatic heterocycles. The fraction of sp³-hybridized carbons (Fsp3) is 0.167. The second-order valence-corrected chi connectivity index (χ2v) is 2.57. The SMILES string of the molecule is C=CCNCC=C.Oc1ccccc1. The van der Waals surface area contributed by atoms with Gasteiger partial charge in [-0.05, 0) is 12.1 Å². The molecule has 0 fully saturated rings. The van der Waals surface area contributed by atoms with Gasteiger partial charge < -0.3 is 10.4 Å². The molecule has 0 radical (unpaired) electrons. The Morgan fingerprint density at radius 1 is 1.07 bits per heavy atom. The lowest BCUT2D eigenvalue weighted by Gasteiger charge is -1.90. The Balaban J connectivity index is 0.000000241. The normalized spacial score (nSPS) is 8.29. The van der Waals surface area contributed by atoms with Crippen molar-refractivity contribution in [2.75, 3.05) is 13.1 Å². The monoisotopic (exact) mass is 191 g/mol. The lowest BCUT2D eigenvalue weighted by atomic mass is 10.3. The minimum absolute atomic E-state index is 0.322. The molecule has 2 nitrogen and oxygen atoms in total. The van der Waals surface area contributed by atoms with E-state index in [-0.39, 0.29) is 0 Å². The van der Waals surface area contributed by atoms with Crippen LogP contribution in [-0.2, 0) is 0 Å². The Bertz CT molecular complexity index is 236. The van der Waals surface area contributed by atoms with Gasteiger partial charge in [-0.15, -0.1) is 13.2 Å². The van der Waals surface area contributed by atoms with Crippen LogP contribution in [0, 0.1) is 0 Å². The van der Waals surface area contributed by atoms with Gasteiger partial charge in [0.25, 0.3) is 0 Å². The van der Waals surface area contributed by atoms with Crippen molar-refractivity contribution < 1.29 is 5.11 Å². The van der Waals surface area contributed by atoms with Crippen LogP contribution in [-0.4, -0.2) is 18.2 Å². The van der Waals surface area contributed by atoms with Crippen molar-refractivity contribution in [1.82, 2.24) is 5.32 Å². The molecule has 0 amide bonds. The van der Waals surface area contributed by atoms with E-state index in [0.29, 0.717) is 5.75 Å². The van der Waals surface area contributed by atoms with Gasteiger partial charge in [-0.1, -0.05) is 30.4 Å². The first-order valence-electron chi connectivity index (χ1n) is 4.47. The average molecular weight is 191 g/mol. The third kappa shape index (κ3) is 8.56. The maximum absolute atomic E-state index is 8.63. The quantitative estimate of drug-likeness (QED) is 0.565. The first-order valence-corrected chi connectivity index (χ1v) is 4.47. The number of phenolic OH excluding ortho intramolecular Hbond substituents is 1. The molecule has 1 rings (SSSR count). The van der Waals surface area contributed by atoms with Gasteiger partial charge in [-0.3, -0.25) is 0 Å². The van der Waals surface area contributed by atoms with Crippen LogP contribution in [0.1, 0.15) is 0 Å². The minimum atomic E-state index is 0.322. The van der Waals surface area contributed by atoms with E-state index < -0.39 is 0 Å². The van der Waals surface area contributed by atoms with Gasteiger partial charge in [-0.2, -0.15) is 0 Å². The summed E-state index contributed by atoms with van der Waals surface area (Å²) in [5.41, 5.74) is 0. The first kappa shape index (κ1) is 12.5. The number of aromatic hydroxyl groups is 1. The summed E-state index contributed by atoms with van der Waals surface area (Å²) in [4.78, 5) is 0. The highest BCUT2D eigenvalue weighted by Crippen LogP contribution is 2.02. The molecule has 0 aliphatic heterocycles. The van der Waals surface area contributed by atoms with Crippen LogP contribution < -0.4 is 5.32 Å². The number of para-hydroxylation sites is 1. The van der Waals surface area contributed by atoms with Gasteiger partial charge in [0.15, 0.2) is 0 Å². The van der Waals surface area contributed by atoms with Gasteiger partial charge in [0, 0.05) is 13.1 Å². The van der Waals surface area contributed by atoms with Gasteiger partial charge in [0.05, 0.1) is 0 Å². The molecule has 0 atom stereocenters. The molecule has 0 heterocycles. The highest BCUT2D eigenvalue weighted by molar-refractivity contribution is 5.18. The summed E-state index contributed by atoms with van der Waals surface area (Å²) in [6, 6.07) is 8.71. The highest BCUT2D eigenvalue weighted by atomic mass is 16.3.